The summed E-state index contributed by atoms with van der Waals surface area (Å²) < 4.78 is 10.7. The largest absolute Gasteiger partial charge is 0.376 e. The van der Waals surface area contributed by atoms with Gasteiger partial charge in [-0.2, -0.15) is 4.37 Å². The van der Waals surface area contributed by atoms with Gasteiger partial charge in [0.05, 0.1) is 11.4 Å². The van der Waals surface area contributed by atoms with E-state index in [1.54, 1.807) is 0 Å². The fourth-order valence-electron chi connectivity index (χ4n) is 2.33. The molecule has 1 N–H and O–H groups in total. The van der Waals surface area contributed by atoms with Gasteiger partial charge < -0.3 is 10.1 Å². The van der Waals surface area contributed by atoms with Crippen molar-refractivity contribution in [3.8, 4) is 11.4 Å². The molecule has 1 saturated heterocycles. The van der Waals surface area contributed by atoms with Gasteiger partial charge in [-0.1, -0.05) is 42.1 Å². The van der Waals surface area contributed by atoms with Crippen molar-refractivity contribution in [2.75, 3.05) is 13.2 Å². The fraction of sp³-hybridized carbons (Fsp3) is 0.438. The Labute approximate surface area is 144 Å². The second kappa shape index (κ2) is 7.90. The highest BCUT2D eigenvalue weighted by Gasteiger charge is 2.20. The molecular formula is C16H19N3O2S2. The van der Waals surface area contributed by atoms with Gasteiger partial charge in [-0.05, 0) is 31.3 Å². The van der Waals surface area contributed by atoms with Gasteiger partial charge in [0, 0.05) is 18.7 Å². The molecule has 0 unspecified atom stereocenters. The van der Waals surface area contributed by atoms with E-state index in [4.69, 9.17) is 4.74 Å². The number of carbonyl (C=O) groups is 1. The summed E-state index contributed by atoms with van der Waals surface area (Å²) in [6, 6.07) is 9.85. The molecule has 1 amide bonds. The third-order valence-corrected chi connectivity index (χ3v) is 5.50. The quantitative estimate of drug-likeness (QED) is 0.812. The zero-order valence-corrected chi connectivity index (χ0v) is 14.5. The van der Waals surface area contributed by atoms with Crippen molar-refractivity contribution in [3.05, 3.63) is 30.3 Å². The molecule has 5 nitrogen and oxygen atoms in total. The summed E-state index contributed by atoms with van der Waals surface area (Å²) in [5.41, 5.74) is 0.992. The van der Waals surface area contributed by atoms with Crippen LogP contribution in [0.15, 0.2) is 34.7 Å². The summed E-state index contributed by atoms with van der Waals surface area (Å²) in [6.45, 7) is 3.28. The Morgan fingerprint density at radius 1 is 1.48 bits per heavy atom. The number of nitrogens with one attached hydrogen (secondary N) is 1. The van der Waals surface area contributed by atoms with Crippen molar-refractivity contribution in [2.45, 2.75) is 35.5 Å². The molecule has 3 rings (SSSR count). The molecular weight excluding hydrogens is 330 g/mol. The first kappa shape index (κ1) is 16.4. The van der Waals surface area contributed by atoms with Gasteiger partial charge in [-0.3, -0.25) is 4.79 Å². The minimum absolute atomic E-state index is 0.0157. The van der Waals surface area contributed by atoms with Crippen molar-refractivity contribution in [2.24, 2.45) is 0 Å². The topological polar surface area (TPSA) is 64.1 Å². The third kappa shape index (κ3) is 4.53. The molecule has 2 atom stereocenters. The smallest absolute Gasteiger partial charge is 0.233 e. The number of hydrogen-bond acceptors (Lipinski definition) is 6. The van der Waals surface area contributed by atoms with E-state index in [1.165, 1.54) is 23.3 Å². The zero-order valence-electron chi connectivity index (χ0n) is 12.9. The maximum absolute atomic E-state index is 12.1. The van der Waals surface area contributed by atoms with Crippen LogP contribution in [0.5, 0.6) is 0 Å². The van der Waals surface area contributed by atoms with E-state index in [1.807, 2.05) is 37.3 Å². The van der Waals surface area contributed by atoms with Crippen LogP contribution in [-0.2, 0) is 9.53 Å². The molecule has 1 aliphatic rings. The Morgan fingerprint density at radius 3 is 3.04 bits per heavy atom. The Kier molecular flexibility index (Phi) is 5.64. The summed E-state index contributed by atoms with van der Waals surface area (Å²) in [4.78, 5) is 16.7. The lowest BCUT2D eigenvalue weighted by molar-refractivity contribution is -0.120. The zero-order chi connectivity index (χ0) is 16.1. The molecule has 1 fully saturated rings. The highest BCUT2D eigenvalue weighted by molar-refractivity contribution is 8.02. The summed E-state index contributed by atoms with van der Waals surface area (Å²) in [5.74, 6) is 0.729. The monoisotopic (exact) mass is 349 g/mol. The van der Waals surface area contributed by atoms with E-state index < -0.39 is 0 Å². The number of aromatic nitrogens is 2. The first-order valence-corrected chi connectivity index (χ1v) is 9.33. The van der Waals surface area contributed by atoms with E-state index in [2.05, 4.69) is 14.7 Å². The van der Waals surface area contributed by atoms with Gasteiger partial charge in [0.1, 0.15) is 0 Å². The summed E-state index contributed by atoms with van der Waals surface area (Å²) in [5, 5.41) is 2.75. The molecule has 122 valence electrons. The molecule has 0 spiro atoms. The van der Waals surface area contributed by atoms with Gasteiger partial charge in [0.25, 0.3) is 0 Å². The Bertz CT molecular complexity index is 642. The van der Waals surface area contributed by atoms with E-state index in [0.29, 0.717) is 12.4 Å². The highest BCUT2D eigenvalue weighted by atomic mass is 32.2. The second-order valence-corrected chi connectivity index (χ2v) is 7.73. The molecule has 7 heteroatoms. The lowest BCUT2D eigenvalue weighted by Gasteiger charge is -2.13. The van der Waals surface area contributed by atoms with Crippen molar-refractivity contribution >= 4 is 29.2 Å². The minimum atomic E-state index is -0.201. The summed E-state index contributed by atoms with van der Waals surface area (Å²) in [6.07, 6.45) is 2.28. The molecule has 1 aliphatic heterocycles. The SMILES string of the molecule is C[C@@H](Sc1nc(-c2ccccc2)ns1)C(=O)NC[C@H]1CCCO1. The van der Waals surface area contributed by atoms with Crippen molar-refractivity contribution in [3.63, 3.8) is 0 Å². The van der Waals surface area contributed by atoms with Gasteiger partial charge in [0.2, 0.25) is 5.91 Å². The van der Waals surface area contributed by atoms with Crippen LogP contribution in [0.3, 0.4) is 0 Å². The number of carbonyl (C=O) groups excluding carboxylic acids is 1. The lowest BCUT2D eigenvalue weighted by atomic mass is 10.2. The van der Waals surface area contributed by atoms with Gasteiger partial charge in [-0.15, -0.1) is 0 Å². The number of rotatable bonds is 6. The van der Waals surface area contributed by atoms with Crippen LogP contribution in [0.4, 0.5) is 0 Å². The first-order chi connectivity index (χ1) is 11.2. The number of hydrogen-bond donors (Lipinski definition) is 1. The van der Waals surface area contributed by atoms with E-state index >= 15 is 0 Å². The third-order valence-electron chi connectivity index (χ3n) is 3.61. The molecule has 23 heavy (non-hydrogen) atoms. The Balaban J connectivity index is 1.52. The lowest BCUT2D eigenvalue weighted by Crippen LogP contribution is -2.36. The molecule has 0 radical (unpaired) electrons. The normalized spacial score (nSPS) is 18.7. The highest BCUT2D eigenvalue weighted by Crippen LogP contribution is 2.28. The number of benzene rings is 1. The molecule has 1 aromatic carbocycles. The standard InChI is InChI=1S/C16H19N3O2S2/c1-11(15(20)17-10-13-8-5-9-21-13)22-16-18-14(19-23-16)12-6-3-2-4-7-12/h2-4,6-7,11,13H,5,8-10H2,1H3,(H,17,20)/t11-,13-/m1/s1. The molecule has 0 aliphatic carbocycles. The van der Waals surface area contributed by atoms with Crippen LogP contribution in [-0.4, -0.2) is 39.8 Å². The number of nitrogens with zero attached hydrogens (tertiary/aromatic N) is 2. The van der Waals surface area contributed by atoms with Crippen LogP contribution in [0.2, 0.25) is 0 Å². The van der Waals surface area contributed by atoms with E-state index in [0.717, 1.165) is 29.4 Å². The Hall–Kier alpha value is -1.44. The molecule has 0 saturated carbocycles. The minimum Gasteiger partial charge on any atom is -0.376 e. The predicted octanol–water partition coefficient (Wildman–Crippen LogP) is 2.98. The second-order valence-electron chi connectivity index (χ2n) is 5.39. The van der Waals surface area contributed by atoms with Crippen LogP contribution >= 0.6 is 23.3 Å². The maximum Gasteiger partial charge on any atom is 0.233 e. The van der Waals surface area contributed by atoms with Crippen LogP contribution in [0.1, 0.15) is 19.8 Å². The van der Waals surface area contributed by atoms with Crippen LogP contribution < -0.4 is 5.32 Å². The molecule has 0 bridgehead atoms. The summed E-state index contributed by atoms with van der Waals surface area (Å²) in [7, 11) is 0. The van der Waals surface area contributed by atoms with Crippen molar-refractivity contribution < 1.29 is 9.53 Å². The van der Waals surface area contributed by atoms with Gasteiger partial charge >= 0.3 is 0 Å². The Morgan fingerprint density at radius 2 is 2.30 bits per heavy atom. The predicted molar refractivity (Wildman–Crippen MR) is 92.6 cm³/mol. The average molecular weight is 349 g/mol. The van der Waals surface area contributed by atoms with E-state index in [-0.39, 0.29) is 17.3 Å². The van der Waals surface area contributed by atoms with Crippen molar-refractivity contribution in [1.82, 2.24) is 14.7 Å². The molecule has 2 heterocycles. The van der Waals surface area contributed by atoms with E-state index in [9.17, 15) is 4.79 Å². The van der Waals surface area contributed by atoms with Gasteiger partial charge in [-0.25, -0.2) is 4.98 Å². The van der Waals surface area contributed by atoms with Gasteiger partial charge in [0.15, 0.2) is 10.2 Å². The molecule has 2 aromatic rings. The first-order valence-electron chi connectivity index (χ1n) is 7.67. The fourth-order valence-corrected chi connectivity index (χ4v) is 4.12. The van der Waals surface area contributed by atoms with Crippen LogP contribution in [0, 0.1) is 0 Å². The maximum atomic E-state index is 12.1. The van der Waals surface area contributed by atoms with Crippen LogP contribution in [0.25, 0.3) is 11.4 Å². The number of amides is 1. The number of thioether (sulfide) groups is 1. The van der Waals surface area contributed by atoms with Crippen molar-refractivity contribution in [1.29, 1.82) is 0 Å². The average Bonchev–Trinajstić information content (AvgIpc) is 3.25. The number of ether oxygens (including phenoxy) is 1. The summed E-state index contributed by atoms with van der Waals surface area (Å²) >= 11 is 2.77. The molecule has 1 aromatic heterocycles.